The number of fused-ring (bicyclic) bond motifs is 1. The van der Waals surface area contributed by atoms with Gasteiger partial charge in [-0.2, -0.15) is 0 Å². The molecular weight excluding hydrogens is 389 g/mol. The van der Waals surface area contributed by atoms with Gasteiger partial charge in [0.1, 0.15) is 5.82 Å². The van der Waals surface area contributed by atoms with Crippen LogP contribution >= 0.6 is 0 Å². The van der Waals surface area contributed by atoms with Crippen LogP contribution in [0, 0.1) is 11.7 Å². The quantitative estimate of drug-likeness (QED) is 0.786. The van der Waals surface area contributed by atoms with Crippen molar-refractivity contribution in [3.05, 3.63) is 53.8 Å². The molecule has 0 bridgehead atoms. The van der Waals surface area contributed by atoms with Crippen molar-refractivity contribution in [3.63, 3.8) is 0 Å². The molecule has 1 fully saturated rings. The second-order valence-electron chi connectivity index (χ2n) is 7.50. The van der Waals surface area contributed by atoms with Gasteiger partial charge in [0, 0.05) is 43.4 Å². The number of hydrogen-bond donors (Lipinski definition) is 2. The molecule has 158 valence electrons. The predicted octanol–water partition coefficient (Wildman–Crippen LogP) is 3.50. The normalized spacial score (nSPS) is 15.7. The van der Waals surface area contributed by atoms with E-state index in [9.17, 15) is 14.0 Å². The Hall–Kier alpha value is -3.29. The first kappa shape index (κ1) is 20.0. The summed E-state index contributed by atoms with van der Waals surface area (Å²) in [5.41, 5.74) is 1.12. The van der Waals surface area contributed by atoms with Gasteiger partial charge >= 0.3 is 6.03 Å². The highest BCUT2D eigenvalue weighted by molar-refractivity contribution is 5.89. The van der Waals surface area contributed by atoms with Crippen molar-refractivity contribution in [2.45, 2.75) is 25.8 Å². The molecule has 2 aliphatic rings. The van der Waals surface area contributed by atoms with Crippen LogP contribution in [0.1, 0.15) is 24.8 Å². The Morgan fingerprint density at radius 2 is 1.83 bits per heavy atom. The predicted molar refractivity (Wildman–Crippen MR) is 109 cm³/mol. The molecule has 2 N–H and O–H groups in total. The Morgan fingerprint density at radius 3 is 2.63 bits per heavy atom. The summed E-state index contributed by atoms with van der Waals surface area (Å²) in [7, 11) is 0. The minimum Gasteiger partial charge on any atom is -0.454 e. The van der Waals surface area contributed by atoms with Crippen LogP contribution in [0.2, 0.25) is 0 Å². The summed E-state index contributed by atoms with van der Waals surface area (Å²) in [5, 5.41) is 5.66. The number of halogens is 1. The second-order valence-corrected chi connectivity index (χ2v) is 7.50. The third-order valence-electron chi connectivity index (χ3n) is 5.43. The fourth-order valence-corrected chi connectivity index (χ4v) is 3.69. The van der Waals surface area contributed by atoms with Crippen molar-refractivity contribution in [1.29, 1.82) is 0 Å². The van der Waals surface area contributed by atoms with Gasteiger partial charge in [-0.3, -0.25) is 4.79 Å². The zero-order chi connectivity index (χ0) is 20.9. The number of anilines is 1. The maximum atomic E-state index is 13.6. The maximum absolute atomic E-state index is 13.6. The van der Waals surface area contributed by atoms with Crippen LogP contribution < -0.4 is 20.1 Å². The molecule has 0 radical (unpaired) electrons. The van der Waals surface area contributed by atoms with Gasteiger partial charge in [-0.1, -0.05) is 18.2 Å². The smallest absolute Gasteiger partial charge is 0.321 e. The second kappa shape index (κ2) is 9.02. The molecule has 3 amide bonds. The summed E-state index contributed by atoms with van der Waals surface area (Å²) in [6.45, 7) is 1.54. The average Bonchev–Trinajstić information content (AvgIpc) is 3.21. The lowest BCUT2D eigenvalue weighted by atomic mass is 9.93. The van der Waals surface area contributed by atoms with Gasteiger partial charge < -0.3 is 25.0 Å². The van der Waals surface area contributed by atoms with Crippen LogP contribution in [0.3, 0.4) is 0 Å². The third-order valence-corrected chi connectivity index (χ3v) is 5.43. The topological polar surface area (TPSA) is 79.9 Å². The number of piperidine rings is 1. The molecule has 0 aliphatic carbocycles. The molecule has 2 aliphatic heterocycles. The lowest BCUT2D eigenvalue weighted by Gasteiger charge is -2.31. The van der Waals surface area contributed by atoms with Gasteiger partial charge in [-0.15, -0.1) is 0 Å². The summed E-state index contributed by atoms with van der Waals surface area (Å²) in [5.74, 6) is 1.08. The Kier molecular flexibility index (Phi) is 6.02. The van der Waals surface area contributed by atoms with Crippen LogP contribution in [0.25, 0.3) is 0 Å². The highest BCUT2D eigenvalue weighted by Gasteiger charge is 2.25. The molecule has 0 unspecified atom stereocenters. The van der Waals surface area contributed by atoms with E-state index < -0.39 is 0 Å². The Balaban J connectivity index is 1.20. The van der Waals surface area contributed by atoms with Crippen molar-refractivity contribution >= 4 is 17.6 Å². The van der Waals surface area contributed by atoms with Crippen LogP contribution in [-0.4, -0.2) is 36.7 Å². The number of amides is 3. The average molecular weight is 413 g/mol. The maximum Gasteiger partial charge on any atom is 0.321 e. The minimum atomic E-state index is -0.320. The number of ether oxygens (including phenoxy) is 2. The molecule has 4 rings (SSSR count). The number of carbonyl (C=O) groups excluding carboxylic acids is 2. The van der Waals surface area contributed by atoms with Gasteiger partial charge in [0.05, 0.1) is 0 Å². The number of rotatable bonds is 5. The number of hydrogen-bond acceptors (Lipinski definition) is 4. The minimum absolute atomic E-state index is 0.0958. The molecule has 0 aromatic heterocycles. The van der Waals surface area contributed by atoms with E-state index in [-0.39, 0.29) is 37.0 Å². The van der Waals surface area contributed by atoms with Crippen molar-refractivity contribution in [2.24, 2.45) is 5.92 Å². The Labute approximate surface area is 174 Å². The van der Waals surface area contributed by atoms with E-state index in [2.05, 4.69) is 10.6 Å². The Morgan fingerprint density at radius 1 is 1.07 bits per heavy atom. The number of nitrogens with one attached hydrogen (secondary N) is 2. The molecule has 8 heteroatoms. The van der Waals surface area contributed by atoms with E-state index in [4.69, 9.17) is 9.47 Å². The first-order valence-electron chi connectivity index (χ1n) is 10.0. The molecule has 1 saturated heterocycles. The monoisotopic (exact) mass is 413 g/mol. The number of nitrogens with zero attached hydrogens (tertiary/aromatic N) is 1. The highest BCUT2D eigenvalue weighted by Crippen LogP contribution is 2.34. The first-order chi connectivity index (χ1) is 14.6. The Bertz CT molecular complexity index is 928. The molecule has 2 aromatic rings. The van der Waals surface area contributed by atoms with E-state index in [1.165, 1.54) is 6.07 Å². The van der Waals surface area contributed by atoms with Crippen molar-refractivity contribution < 1.29 is 23.5 Å². The molecule has 0 atom stereocenters. The van der Waals surface area contributed by atoms with Gasteiger partial charge in [-0.05, 0) is 37.0 Å². The fourth-order valence-electron chi connectivity index (χ4n) is 3.69. The summed E-state index contributed by atoms with van der Waals surface area (Å²) in [6.07, 6.45) is 1.88. The molecule has 2 aromatic carbocycles. The van der Waals surface area contributed by atoms with Gasteiger partial charge in [0.25, 0.3) is 0 Å². The van der Waals surface area contributed by atoms with Gasteiger partial charge in [0.2, 0.25) is 12.7 Å². The molecule has 30 heavy (non-hydrogen) atoms. The number of urea groups is 1. The van der Waals surface area contributed by atoms with Crippen LogP contribution in [0.4, 0.5) is 14.9 Å². The molecule has 0 saturated carbocycles. The lowest BCUT2D eigenvalue weighted by Crippen LogP contribution is -2.41. The largest absolute Gasteiger partial charge is 0.454 e. The fraction of sp³-hybridized carbons (Fsp3) is 0.364. The summed E-state index contributed by atoms with van der Waals surface area (Å²) in [6, 6.07) is 11.5. The van der Waals surface area contributed by atoms with E-state index in [0.717, 1.165) is 12.8 Å². The molecule has 7 nitrogen and oxygen atoms in total. The number of benzene rings is 2. The summed E-state index contributed by atoms with van der Waals surface area (Å²) < 4.78 is 24.2. The van der Waals surface area contributed by atoms with E-state index in [1.807, 2.05) is 0 Å². The molecule has 2 heterocycles. The first-order valence-corrected chi connectivity index (χ1v) is 10.0. The molecular formula is C22H24FN3O4. The number of likely N-dealkylation sites (tertiary alicyclic amines) is 1. The third kappa shape index (κ3) is 4.82. The summed E-state index contributed by atoms with van der Waals surface area (Å²) in [4.78, 5) is 26.5. The van der Waals surface area contributed by atoms with Gasteiger partial charge in [0.15, 0.2) is 11.5 Å². The van der Waals surface area contributed by atoms with Gasteiger partial charge in [-0.25, -0.2) is 9.18 Å². The van der Waals surface area contributed by atoms with Crippen LogP contribution in [0.5, 0.6) is 11.5 Å². The van der Waals surface area contributed by atoms with Crippen LogP contribution in [-0.2, 0) is 11.3 Å². The zero-order valence-electron chi connectivity index (χ0n) is 16.5. The van der Waals surface area contributed by atoms with Crippen molar-refractivity contribution in [2.75, 3.05) is 25.2 Å². The summed E-state index contributed by atoms with van der Waals surface area (Å²) >= 11 is 0. The van der Waals surface area contributed by atoms with Crippen molar-refractivity contribution in [3.8, 4) is 11.5 Å². The number of carbonyl (C=O) groups is 2. The SMILES string of the molecule is O=C(CC1CCN(C(=O)Nc2ccc3c(c2)OCO3)CC1)NCc1ccccc1F. The van der Waals surface area contributed by atoms with Crippen molar-refractivity contribution in [1.82, 2.24) is 10.2 Å². The highest BCUT2D eigenvalue weighted by atomic mass is 19.1. The lowest BCUT2D eigenvalue weighted by molar-refractivity contribution is -0.122. The van der Waals surface area contributed by atoms with E-state index >= 15 is 0 Å². The zero-order valence-corrected chi connectivity index (χ0v) is 16.5. The molecule has 0 spiro atoms. The standard InChI is InChI=1S/C22H24FN3O4/c23-18-4-2-1-3-16(18)13-24-21(27)11-15-7-9-26(10-8-15)22(28)25-17-5-6-19-20(12-17)30-14-29-19/h1-6,12,15H,7-11,13-14H2,(H,24,27)(H,25,28). The van der Waals surface area contributed by atoms with Crippen LogP contribution in [0.15, 0.2) is 42.5 Å². The van der Waals surface area contributed by atoms with E-state index in [1.54, 1.807) is 41.3 Å². The van der Waals surface area contributed by atoms with E-state index in [0.29, 0.717) is 42.3 Å².